The number of halogens is 3. The molecule has 1 aromatic rings. The smallest absolute Gasteiger partial charge is 0.321 e. The number of nitrogens with zero attached hydrogens (tertiary/aromatic N) is 1. The van der Waals surface area contributed by atoms with E-state index in [1.807, 2.05) is 24.4 Å². The maximum Gasteiger partial charge on any atom is 0.389 e. The number of carbonyl (C=O) groups is 1. The third-order valence-corrected chi connectivity index (χ3v) is 4.26. The molecule has 1 amide bonds. The number of alkyl halides is 3. The normalized spacial score (nSPS) is 23.6. The van der Waals surface area contributed by atoms with Gasteiger partial charge in [0.15, 0.2) is 0 Å². The lowest BCUT2D eigenvalue weighted by atomic mass is 10.2. The van der Waals surface area contributed by atoms with Crippen molar-refractivity contribution in [2.45, 2.75) is 44.6 Å². The first-order valence-corrected chi connectivity index (χ1v) is 7.47. The first kappa shape index (κ1) is 15.3. The lowest BCUT2D eigenvalue weighted by molar-refractivity contribution is -0.140. The third-order valence-electron chi connectivity index (χ3n) is 3.33. The van der Waals surface area contributed by atoms with Crippen LogP contribution in [0.4, 0.5) is 13.2 Å². The summed E-state index contributed by atoms with van der Waals surface area (Å²) in [7, 11) is 0. The van der Waals surface area contributed by atoms with Crippen molar-refractivity contribution < 1.29 is 18.0 Å². The molecule has 1 N–H and O–H groups in total. The van der Waals surface area contributed by atoms with E-state index in [1.165, 1.54) is 16.2 Å². The average Bonchev–Trinajstić information content (AvgIpc) is 2.97. The molecule has 0 bridgehead atoms. The first-order chi connectivity index (χ1) is 9.42. The fourth-order valence-corrected chi connectivity index (χ4v) is 3.14. The molecule has 0 radical (unpaired) electrons. The number of amides is 1. The first-order valence-electron chi connectivity index (χ1n) is 6.59. The summed E-state index contributed by atoms with van der Waals surface area (Å²) in [4.78, 5) is 14.7. The highest BCUT2D eigenvalue weighted by Crippen LogP contribution is 2.30. The van der Waals surface area contributed by atoms with Gasteiger partial charge in [0, 0.05) is 17.8 Å². The van der Waals surface area contributed by atoms with E-state index in [0.29, 0.717) is 6.42 Å². The van der Waals surface area contributed by atoms with Crippen molar-refractivity contribution in [3.63, 3.8) is 0 Å². The lowest BCUT2D eigenvalue weighted by Crippen LogP contribution is -2.32. The van der Waals surface area contributed by atoms with E-state index in [4.69, 9.17) is 0 Å². The van der Waals surface area contributed by atoms with Crippen molar-refractivity contribution in [3.8, 4) is 0 Å². The summed E-state index contributed by atoms with van der Waals surface area (Å²) >= 11 is 1.50. The van der Waals surface area contributed by atoms with E-state index < -0.39 is 12.6 Å². The summed E-state index contributed by atoms with van der Waals surface area (Å²) in [6.07, 6.45) is -4.74. The molecule has 112 valence electrons. The number of rotatable bonds is 5. The van der Waals surface area contributed by atoms with Crippen LogP contribution in [-0.2, 0) is 4.79 Å². The zero-order valence-electron chi connectivity index (χ0n) is 11.1. The van der Waals surface area contributed by atoms with Crippen molar-refractivity contribution >= 4 is 17.2 Å². The summed E-state index contributed by atoms with van der Waals surface area (Å²) in [6.45, 7) is 2.02. The summed E-state index contributed by atoms with van der Waals surface area (Å²) in [5.41, 5.74) is 0. The second-order valence-electron chi connectivity index (χ2n) is 4.80. The van der Waals surface area contributed by atoms with Gasteiger partial charge in [-0.3, -0.25) is 10.1 Å². The zero-order valence-corrected chi connectivity index (χ0v) is 11.9. The van der Waals surface area contributed by atoms with Gasteiger partial charge in [0.1, 0.15) is 6.17 Å². The van der Waals surface area contributed by atoms with Crippen LogP contribution in [0.3, 0.4) is 0 Å². The molecule has 3 nitrogen and oxygen atoms in total. The molecular weight excluding hydrogens is 289 g/mol. The zero-order chi connectivity index (χ0) is 14.8. The molecule has 0 spiro atoms. The van der Waals surface area contributed by atoms with Crippen molar-refractivity contribution in [3.05, 3.63) is 22.4 Å². The van der Waals surface area contributed by atoms with Crippen LogP contribution >= 0.6 is 11.3 Å². The van der Waals surface area contributed by atoms with Crippen molar-refractivity contribution in [1.82, 2.24) is 10.2 Å². The minimum atomic E-state index is -4.17. The Bertz CT molecular complexity index is 447. The van der Waals surface area contributed by atoms with Gasteiger partial charge in [-0.2, -0.15) is 13.2 Å². The molecule has 2 rings (SSSR count). The highest BCUT2D eigenvalue weighted by molar-refractivity contribution is 7.10. The van der Waals surface area contributed by atoms with Crippen LogP contribution < -0.4 is 5.32 Å². The van der Waals surface area contributed by atoms with Crippen LogP contribution in [0.25, 0.3) is 0 Å². The summed E-state index contributed by atoms with van der Waals surface area (Å²) < 4.78 is 36.7. The SMILES string of the molecule is CCC1NC(c2cccs2)N(CCCC(F)(F)F)C1=O. The topological polar surface area (TPSA) is 32.3 Å². The Morgan fingerprint density at radius 3 is 2.75 bits per heavy atom. The monoisotopic (exact) mass is 306 g/mol. The number of nitrogens with one attached hydrogen (secondary N) is 1. The predicted octanol–water partition coefficient (Wildman–Crippen LogP) is 3.30. The molecular formula is C13H17F3N2OS. The van der Waals surface area contributed by atoms with Gasteiger partial charge in [-0.15, -0.1) is 11.3 Å². The van der Waals surface area contributed by atoms with E-state index in [0.717, 1.165) is 4.88 Å². The third kappa shape index (κ3) is 3.52. The summed E-state index contributed by atoms with van der Waals surface area (Å²) in [5, 5.41) is 5.09. The molecule has 1 aliphatic heterocycles. The number of thiophene rings is 1. The van der Waals surface area contributed by atoms with Crippen LogP contribution in [0.2, 0.25) is 0 Å². The van der Waals surface area contributed by atoms with Crippen LogP contribution in [0.1, 0.15) is 37.2 Å². The molecule has 1 aliphatic rings. The van der Waals surface area contributed by atoms with Gasteiger partial charge < -0.3 is 4.90 Å². The Balaban J connectivity index is 2.04. The molecule has 20 heavy (non-hydrogen) atoms. The molecule has 7 heteroatoms. The maximum atomic E-state index is 12.2. The Morgan fingerprint density at radius 1 is 1.45 bits per heavy atom. The van der Waals surface area contributed by atoms with Gasteiger partial charge >= 0.3 is 6.18 Å². The predicted molar refractivity (Wildman–Crippen MR) is 71.3 cm³/mol. The molecule has 0 aromatic carbocycles. The molecule has 0 saturated carbocycles. The minimum absolute atomic E-state index is 0.0603. The van der Waals surface area contributed by atoms with Crippen molar-refractivity contribution in [2.75, 3.05) is 6.54 Å². The molecule has 1 fully saturated rings. The molecule has 2 heterocycles. The standard InChI is InChI=1S/C13H17F3N2OS/c1-2-9-12(19)18(7-4-6-13(14,15)16)11(17-9)10-5-3-8-20-10/h3,5,8-9,11,17H,2,4,6-7H2,1H3. The highest BCUT2D eigenvalue weighted by atomic mass is 32.1. The largest absolute Gasteiger partial charge is 0.389 e. The van der Waals surface area contributed by atoms with Gasteiger partial charge in [-0.05, 0) is 24.3 Å². The Hall–Kier alpha value is -1.08. The molecule has 2 atom stereocenters. The second kappa shape index (κ2) is 6.13. The van der Waals surface area contributed by atoms with Gasteiger partial charge in [-0.25, -0.2) is 0 Å². The Labute approximate surface area is 119 Å². The maximum absolute atomic E-state index is 12.2. The van der Waals surface area contributed by atoms with Crippen LogP contribution in [0, 0.1) is 0 Å². The van der Waals surface area contributed by atoms with Gasteiger partial charge in [-0.1, -0.05) is 13.0 Å². The van der Waals surface area contributed by atoms with Crippen LogP contribution in [0.15, 0.2) is 17.5 Å². The van der Waals surface area contributed by atoms with E-state index in [-0.39, 0.29) is 31.1 Å². The summed E-state index contributed by atoms with van der Waals surface area (Å²) in [5.74, 6) is -0.104. The fraction of sp³-hybridized carbons (Fsp3) is 0.615. The summed E-state index contributed by atoms with van der Waals surface area (Å²) in [6, 6.07) is 3.47. The van der Waals surface area contributed by atoms with Crippen molar-refractivity contribution in [1.29, 1.82) is 0 Å². The Morgan fingerprint density at radius 2 is 2.20 bits per heavy atom. The number of hydrogen-bond acceptors (Lipinski definition) is 3. The van der Waals surface area contributed by atoms with E-state index in [2.05, 4.69) is 5.32 Å². The second-order valence-corrected chi connectivity index (χ2v) is 5.78. The number of hydrogen-bond donors (Lipinski definition) is 1. The Kier molecular flexibility index (Phi) is 4.70. The van der Waals surface area contributed by atoms with Crippen LogP contribution in [0.5, 0.6) is 0 Å². The quantitative estimate of drug-likeness (QED) is 0.905. The van der Waals surface area contributed by atoms with Gasteiger partial charge in [0.25, 0.3) is 0 Å². The van der Waals surface area contributed by atoms with Gasteiger partial charge in [0.2, 0.25) is 5.91 Å². The molecule has 1 saturated heterocycles. The minimum Gasteiger partial charge on any atom is -0.321 e. The van der Waals surface area contributed by atoms with Crippen molar-refractivity contribution in [2.24, 2.45) is 0 Å². The van der Waals surface area contributed by atoms with E-state index in [1.54, 1.807) is 0 Å². The molecule has 1 aromatic heterocycles. The lowest BCUT2D eigenvalue weighted by Gasteiger charge is -2.23. The van der Waals surface area contributed by atoms with Crippen LogP contribution in [-0.4, -0.2) is 29.6 Å². The molecule has 2 unspecified atom stereocenters. The number of carbonyl (C=O) groups excluding carboxylic acids is 1. The average molecular weight is 306 g/mol. The molecule has 0 aliphatic carbocycles. The fourth-order valence-electron chi connectivity index (χ4n) is 2.34. The highest BCUT2D eigenvalue weighted by Gasteiger charge is 2.39. The van der Waals surface area contributed by atoms with E-state index in [9.17, 15) is 18.0 Å². The van der Waals surface area contributed by atoms with Gasteiger partial charge in [0.05, 0.1) is 6.04 Å². The van der Waals surface area contributed by atoms with E-state index >= 15 is 0 Å².